The van der Waals surface area contributed by atoms with Crippen LogP contribution in [-0.4, -0.2) is 36.8 Å². The molecule has 6 nitrogen and oxygen atoms in total. The number of aromatic nitrogens is 1. The molecule has 0 aliphatic heterocycles. The number of urea groups is 1. The largest absolute Gasteiger partial charge is 0.394 e. The fourth-order valence-corrected chi connectivity index (χ4v) is 2.94. The lowest BCUT2D eigenvalue weighted by molar-refractivity contribution is 0.216. The molecule has 130 valence electrons. The van der Waals surface area contributed by atoms with Gasteiger partial charge < -0.3 is 20.6 Å². The van der Waals surface area contributed by atoms with Crippen LogP contribution in [0.15, 0.2) is 29.6 Å². The van der Waals surface area contributed by atoms with E-state index in [1.807, 2.05) is 48.6 Å². The number of thiazole rings is 1. The molecule has 0 aliphatic carbocycles. The second-order valence-corrected chi connectivity index (χ2v) is 6.51. The zero-order valence-corrected chi connectivity index (χ0v) is 15.1. The minimum absolute atomic E-state index is 0.152. The maximum atomic E-state index is 12.1. The number of aliphatic hydroxyl groups is 1. The number of benzene rings is 1. The van der Waals surface area contributed by atoms with Crippen molar-refractivity contribution in [3.63, 3.8) is 0 Å². The molecule has 2 aromatic rings. The summed E-state index contributed by atoms with van der Waals surface area (Å²) in [4.78, 5) is 18.4. The molecule has 0 spiro atoms. The van der Waals surface area contributed by atoms with Crippen LogP contribution in [0, 0.1) is 0 Å². The summed E-state index contributed by atoms with van der Waals surface area (Å²) < 4.78 is 0. The second kappa shape index (κ2) is 8.65. The molecular weight excluding hydrogens is 324 g/mol. The molecule has 1 unspecified atom stereocenters. The molecular formula is C17H24N4O2S. The smallest absolute Gasteiger partial charge is 0.315 e. The summed E-state index contributed by atoms with van der Waals surface area (Å²) in [5.74, 6) is 0. The number of amides is 2. The van der Waals surface area contributed by atoms with Gasteiger partial charge >= 0.3 is 6.03 Å². The third-order valence-electron chi connectivity index (χ3n) is 3.63. The molecule has 1 aromatic carbocycles. The molecule has 1 heterocycles. The molecule has 0 aliphatic rings. The summed E-state index contributed by atoms with van der Waals surface area (Å²) in [5.41, 5.74) is 2.92. The first-order valence-corrected chi connectivity index (χ1v) is 8.77. The standard InChI is InChI=1S/C17H24N4O2S/c1-4-12-5-7-13(8-6-12)15(10-22)20-16(23)18-9-14-11-24-17(19-14)21(2)3/h5-8,11,15,22H,4,9-10H2,1-3H3,(H2,18,20,23). The van der Waals surface area contributed by atoms with Gasteiger partial charge in [-0.1, -0.05) is 31.2 Å². The van der Waals surface area contributed by atoms with Crippen molar-refractivity contribution in [2.24, 2.45) is 0 Å². The molecule has 0 radical (unpaired) electrons. The first kappa shape index (κ1) is 18.2. The van der Waals surface area contributed by atoms with Crippen LogP contribution in [-0.2, 0) is 13.0 Å². The lowest BCUT2D eigenvalue weighted by atomic mass is 10.0. The highest BCUT2D eigenvalue weighted by molar-refractivity contribution is 7.13. The zero-order valence-electron chi connectivity index (χ0n) is 14.2. The summed E-state index contributed by atoms with van der Waals surface area (Å²) in [7, 11) is 3.86. The van der Waals surface area contributed by atoms with Crippen molar-refractivity contribution in [2.45, 2.75) is 25.9 Å². The van der Waals surface area contributed by atoms with E-state index in [4.69, 9.17) is 0 Å². The van der Waals surface area contributed by atoms with E-state index in [2.05, 4.69) is 22.5 Å². The van der Waals surface area contributed by atoms with E-state index >= 15 is 0 Å². The highest BCUT2D eigenvalue weighted by Crippen LogP contribution is 2.18. The van der Waals surface area contributed by atoms with Crippen LogP contribution in [0.2, 0.25) is 0 Å². The average molecular weight is 348 g/mol. The normalized spacial score (nSPS) is 11.8. The Labute approximate surface area is 146 Å². The Hall–Kier alpha value is -2.12. The first-order chi connectivity index (χ1) is 11.5. The molecule has 1 aromatic heterocycles. The van der Waals surface area contributed by atoms with E-state index in [1.165, 1.54) is 16.9 Å². The minimum atomic E-state index is -0.427. The number of aryl methyl sites for hydroxylation is 1. The number of carbonyl (C=O) groups is 1. The average Bonchev–Trinajstić information content (AvgIpc) is 3.07. The van der Waals surface area contributed by atoms with Crippen LogP contribution in [0.4, 0.5) is 9.93 Å². The van der Waals surface area contributed by atoms with Crippen LogP contribution < -0.4 is 15.5 Å². The molecule has 0 saturated heterocycles. The Balaban J connectivity index is 1.88. The van der Waals surface area contributed by atoms with Crippen molar-refractivity contribution in [2.75, 3.05) is 25.6 Å². The van der Waals surface area contributed by atoms with Crippen molar-refractivity contribution in [3.05, 3.63) is 46.5 Å². The van der Waals surface area contributed by atoms with Gasteiger partial charge in [0.15, 0.2) is 5.13 Å². The van der Waals surface area contributed by atoms with Gasteiger partial charge in [-0.2, -0.15) is 0 Å². The van der Waals surface area contributed by atoms with Gasteiger partial charge in [0.2, 0.25) is 0 Å². The first-order valence-electron chi connectivity index (χ1n) is 7.89. The van der Waals surface area contributed by atoms with Gasteiger partial charge in [0.25, 0.3) is 0 Å². The van der Waals surface area contributed by atoms with E-state index in [9.17, 15) is 9.90 Å². The summed E-state index contributed by atoms with van der Waals surface area (Å²) in [6.45, 7) is 2.29. The van der Waals surface area contributed by atoms with E-state index in [0.29, 0.717) is 6.54 Å². The maximum absolute atomic E-state index is 12.1. The molecule has 0 fully saturated rings. The van der Waals surface area contributed by atoms with Crippen molar-refractivity contribution in [1.82, 2.24) is 15.6 Å². The van der Waals surface area contributed by atoms with E-state index in [0.717, 1.165) is 22.8 Å². The van der Waals surface area contributed by atoms with Crippen molar-refractivity contribution < 1.29 is 9.90 Å². The lowest BCUT2D eigenvalue weighted by Crippen LogP contribution is -2.39. The van der Waals surface area contributed by atoms with Gasteiger partial charge in [-0.05, 0) is 17.5 Å². The van der Waals surface area contributed by atoms with Gasteiger partial charge in [0, 0.05) is 19.5 Å². The third kappa shape index (κ3) is 4.94. The van der Waals surface area contributed by atoms with Crippen molar-refractivity contribution in [3.8, 4) is 0 Å². The maximum Gasteiger partial charge on any atom is 0.315 e. The number of hydrogen-bond acceptors (Lipinski definition) is 5. The molecule has 3 N–H and O–H groups in total. The fraction of sp³-hybridized carbons (Fsp3) is 0.412. The van der Waals surface area contributed by atoms with E-state index in [1.54, 1.807) is 0 Å². The van der Waals surface area contributed by atoms with Crippen LogP contribution in [0.25, 0.3) is 0 Å². The third-order valence-corrected chi connectivity index (χ3v) is 4.69. The number of aliphatic hydroxyl groups excluding tert-OH is 1. The Kier molecular flexibility index (Phi) is 6.57. The zero-order chi connectivity index (χ0) is 17.5. The Morgan fingerprint density at radius 1 is 1.33 bits per heavy atom. The monoisotopic (exact) mass is 348 g/mol. The SMILES string of the molecule is CCc1ccc(C(CO)NC(=O)NCc2csc(N(C)C)n2)cc1. The van der Waals surface area contributed by atoms with Crippen LogP contribution >= 0.6 is 11.3 Å². The molecule has 0 bridgehead atoms. The predicted octanol–water partition coefficient (Wildman–Crippen LogP) is 2.30. The molecule has 24 heavy (non-hydrogen) atoms. The van der Waals surface area contributed by atoms with Crippen molar-refractivity contribution in [1.29, 1.82) is 0 Å². The van der Waals surface area contributed by atoms with Crippen LogP contribution in [0.5, 0.6) is 0 Å². The van der Waals surface area contributed by atoms with Gasteiger partial charge in [-0.15, -0.1) is 11.3 Å². The second-order valence-electron chi connectivity index (χ2n) is 5.67. The number of nitrogens with one attached hydrogen (secondary N) is 2. The summed E-state index contributed by atoms with van der Waals surface area (Å²) >= 11 is 1.53. The quantitative estimate of drug-likeness (QED) is 0.717. The van der Waals surface area contributed by atoms with Gasteiger partial charge in [0.1, 0.15) is 0 Å². The predicted molar refractivity (Wildman–Crippen MR) is 97.5 cm³/mol. The van der Waals surface area contributed by atoms with Crippen molar-refractivity contribution >= 4 is 22.5 Å². The van der Waals surface area contributed by atoms with Gasteiger partial charge in [-0.25, -0.2) is 9.78 Å². The number of carbonyl (C=O) groups excluding carboxylic acids is 1. The number of nitrogens with zero attached hydrogens (tertiary/aromatic N) is 2. The Morgan fingerprint density at radius 3 is 2.58 bits per heavy atom. The Morgan fingerprint density at radius 2 is 2.04 bits per heavy atom. The molecule has 2 amide bonds. The van der Waals surface area contributed by atoms with Gasteiger partial charge in [-0.3, -0.25) is 0 Å². The highest BCUT2D eigenvalue weighted by Gasteiger charge is 2.14. The van der Waals surface area contributed by atoms with Gasteiger partial charge in [0.05, 0.1) is 24.9 Å². The summed E-state index contributed by atoms with van der Waals surface area (Å²) in [6.07, 6.45) is 0.959. The number of anilines is 1. The van der Waals surface area contributed by atoms with E-state index < -0.39 is 6.04 Å². The molecule has 1 atom stereocenters. The number of rotatable bonds is 7. The molecule has 2 rings (SSSR count). The fourth-order valence-electron chi connectivity index (χ4n) is 2.18. The van der Waals surface area contributed by atoms with E-state index in [-0.39, 0.29) is 12.6 Å². The molecule has 0 saturated carbocycles. The topological polar surface area (TPSA) is 77.5 Å². The summed E-state index contributed by atoms with van der Waals surface area (Å²) in [6, 6.07) is 7.13. The van der Waals surface area contributed by atoms with Crippen LogP contribution in [0.3, 0.4) is 0 Å². The highest BCUT2D eigenvalue weighted by atomic mass is 32.1. The summed E-state index contributed by atoms with van der Waals surface area (Å²) in [5, 5.41) is 17.9. The lowest BCUT2D eigenvalue weighted by Gasteiger charge is -2.17. The van der Waals surface area contributed by atoms with Crippen LogP contribution in [0.1, 0.15) is 29.8 Å². The number of hydrogen-bond donors (Lipinski definition) is 3. The molecule has 7 heteroatoms. The minimum Gasteiger partial charge on any atom is -0.394 e. The Bertz CT molecular complexity index is 655.